The number of fused-ring (bicyclic) bond motifs is 1. The molecule has 0 unspecified atom stereocenters. The number of aromatic nitrogens is 2. The van der Waals surface area contributed by atoms with Crippen LogP contribution in [0, 0.1) is 5.82 Å². The maximum absolute atomic E-state index is 14.4. The van der Waals surface area contributed by atoms with Crippen molar-refractivity contribution in [2.24, 2.45) is 5.10 Å². The van der Waals surface area contributed by atoms with Gasteiger partial charge in [-0.1, -0.05) is 18.2 Å². The van der Waals surface area contributed by atoms with E-state index >= 15 is 0 Å². The number of imidazole rings is 1. The van der Waals surface area contributed by atoms with Crippen LogP contribution < -0.4 is 10.3 Å². The van der Waals surface area contributed by atoms with Crippen LogP contribution in [0.3, 0.4) is 0 Å². The van der Waals surface area contributed by atoms with Crippen LogP contribution in [0.2, 0.25) is 0 Å². The third-order valence-corrected chi connectivity index (χ3v) is 4.53. The number of H-pyrrole nitrogens is 1. The lowest BCUT2D eigenvalue weighted by Gasteiger charge is -2.18. The first kappa shape index (κ1) is 15.6. The number of para-hydroxylation sites is 2. The number of hydrogen-bond donors (Lipinski definition) is 2. The van der Waals surface area contributed by atoms with Gasteiger partial charge in [0.15, 0.2) is 0 Å². The van der Waals surface area contributed by atoms with Crippen LogP contribution in [0.1, 0.15) is 25.3 Å². The lowest BCUT2D eigenvalue weighted by Crippen LogP contribution is -2.19. The van der Waals surface area contributed by atoms with E-state index in [1.165, 1.54) is 0 Å². The second-order valence-electron chi connectivity index (χ2n) is 6.27. The van der Waals surface area contributed by atoms with Crippen LogP contribution in [0.5, 0.6) is 0 Å². The minimum absolute atomic E-state index is 0.197. The Morgan fingerprint density at radius 2 is 2.00 bits per heavy atom. The highest BCUT2D eigenvalue weighted by Gasteiger charge is 2.16. The number of halogens is 1. The third-order valence-electron chi connectivity index (χ3n) is 4.53. The van der Waals surface area contributed by atoms with Gasteiger partial charge in [-0.05, 0) is 44.0 Å². The molecule has 0 atom stereocenters. The first-order valence-electron chi connectivity index (χ1n) is 8.50. The van der Waals surface area contributed by atoms with Crippen molar-refractivity contribution >= 4 is 28.4 Å². The zero-order valence-corrected chi connectivity index (χ0v) is 14.1. The largest absolute Gasteiger partial charge is 0.369 e. The van der Waals surface area contributed by atoms with E-state index in [4.69, 9.17) is 0 Å². The van der Waals surface area contributed by atoms with Crippen molar-refractivity contribution < 1.29 is 4.39 Å². The Hall–Kier alpha value is -2.89. The molecule has 6 heteroatoms. The van der Waals surface area contributed by atoms with Crippen molar-refractivity contribution in [3.8, 4) is 0 Å². The highest BCUT2D eigenvalue weighted by Crippen LogP contribution is 2.24. The quantitative estimate of drug-likeness (QED) is 0.556. The number of anilines is 2. The average molecular weight is 337 g/mol. The Kier molecular flexibility index (Phi) is 4.09. The predicted molar refractivity (Wildman–Crippen MR) is 99.8 cm³/mol. The van der Waals surface area contributed by atoms with Crippen molar-refractivity contribution in [3.63, 3.8) is 0 Å². The molecule has 1 fully saturated rings. The van der Waals surface area contributed by atoms with E-state index < -0.39 is 0 Å². The van der Waals surface area contributed by atoms with E-state index in [1.54, 1.807) is 6.07 Å². The van der Waals surface area contributed by atoms with Gasteiger partial charge in [0.05, 0.1) is 22.4 Å². The van der Waals surface area contributed by atoms with E-state index in [0.717, 1.165) is 42.5 Å². The average Bonchev–Trinajstić information content (AvgIpc) is 3.28. The summed E-state index contributed by atoms with van der Waals surface area (Å²) in [5.74, 6) is 0.368. The van der Waals surface area contributed by atoms with Gasteiger partial charge in [-0.15, -0.1) is 0 Å². The minimum atomic E-state index is -0.197. The summed E-state index contributed by atoms with van der Waals surface area (Å²) in [5.41, 5.74) is 6.86. The molecule has 1 aliphatic rings. The molecule has 1 aromatic heterocycles. The molecule has 2 heterocycles. The Morgan fingerprint density at radius 1 is 1.20 bits per heavy atom. The Morgan fingerprint density at radius 3 is 2.76 bits per heavy atom. The molecule has 0 amide bonds. The smallest absolute Gasteiger partial charge is 0.222 e. The van der Waals surface area contributed by atoms with E-state index in [9.17, 15) is 4.39 Å². The molecule has 4 rings (SSSR count). The summed E-state index contributed by atoms with van der Waals surface area (Å²) in [6.07, 6.45) is 2.26. The fourth-order valence-electron chi connectivity index (χ4n) is 3.15. The van der Waals surface area contributed by atoms with Gasteiger partial charge in [-0.3, -0.25) is 0 Å². The number of hydrogen-bond acceptors (Lipinski definition) is 4. The number of aromatic amines is 1. The second-order valence-corrected chi connectivity index (χ2v) is 6.27. The van der Waals surface area contributed by atoms with Gasteiger partial charge in [0.1, 0.15) is 5.82 Å². The lowest BCUT2D eigenvalue weighted by atomic mass is 10.1. The molecule has 1 aliphatic heterocycles. The van der Waals surface area contributed by atoms with Gasteiger partial charge in [0.2, 0.25) is 5.95 Å². The highest BCUT2D eigenvalue weighted by molar-refractivity contribution is 5.99. The summed E-state index contributed by atoms with van der Waals surface area (Å²) >= 11 is 0. The van der Waals surface area contributed by atoms with E-state index in [-0.39, 0.29) is 5.82 Å². The molecule has 2 N–H and O–H groups in total. The van der Waals surface area contributed by atoms with Gasteiger partial charge in [-0.2, -0.15) is 5.10 Å². The summed E-state index contributed by atoms with van der Waals surface area (Å²) in [6, 6.07) is 13.1. The fourth-order valence-corrected chi connectivity index (χ4v) is 3.15. The SMILES string of the molecule is C/C(=N/Nc1nc2ccccc2[nH]1)c1ccc(N2CCCC2)c(F)c1. The minimum Gasteiger partial charge on any atom is -0.369 e. The van der Waals surface area contributed by atoms with Crippen molar-refractivity contribution in [2.75, 3.05) is 23.4 Å². The molecule has 128 valence electrons. The molecular weight excluding hydrogens is 317 g/mol. The van der Waals surface area contributed by atoms with Gasteiger partial charge in [-0.25, -0.2) is 14.8 Å². The zero-order valence-electron chi connectivity index (χ0n) is 14.1. The Bertz CT molecular complexity index is 891. The van der Waals surface area contributed by atoms with Crippen molar-refractivity contribution in [3.05, 3.63) is 53.8 Å². The first-order chi connectivity index (χ1) is 12.2. The molecule has 0 spiro atoms. The van der Waals surface area contributed by atoms with Gasteiger partial charge in [0.25, 0.3) is 0 Å². The highest BCUT2D eigenvalue weighted by atomic mass is 19.1. The third kappa shape index (κ3) is 3.20. The molecule has 2 aromatic carbocycles. The molecule has 25 heavy (non-hydrogen) atoms. The normalized spacial score (nSPS) is 15.1. The number of nitrogens with zero attached hydrogens (tertiary/aromatic N) is 3. The number of benzene rings is 2. The molecular formula is C19H20FN5. The standard InChI is InChI=1S/C19H20FN5/c1-13(23-24-19-21-16-6-2-3-7-17(16)22-19)14-8-9-18(15(20)12-14)25-10-4-5-11-25/h2-3,6-9,12H,4-5,10-11H2,1H3,(H2,21,22,24)/b23-13-. The van der Waals surface area contributed by atoms with Crippen LogP contribution in [-0.2, 0) is 0 Å². The first-order valence-corrected chi connectivity index (χ1v) is 8.50. The Balaban J connectivity index is 1.52. The number of nitrogens with one attached hydrogen (secondary N) is 2. The van der Waals surface area contributed by atoms with Crippen LogP contribution in [-0.4, -0.2) is 28.8 Å². The molecule has 0 saturated carbocycles. The maximum Gasteiger partial charge on any atom is 0.222 e. The number of hydrazone groups is 1. The van der Waals surface area contributed by atoms with Crippen LogP contribution in [0.25, 0.3) is 11.0 Å². The van der Waals surface area contributed by atoms with Crippen molar-refractivity contribution in [1.29, 1.82) is 0 Å². The van der Waals surface area contributed by atoms with Gasteiger partial charge in [0, 0.05) is 18.7 Å². The van der Waals surface area contributed by atoms with E-state index in [0.29, 0.717) is 17.3 Å². The molecule has 0 radical (unpaired) electrons. The van der Waals surface area contributed by atoms with E-state index in [2.05, 4.69) is 25.4 Å². The predicted octanol–water partition coefficient (Wildman–Crippen LogP) is 4.14. The lowest BCUT2D eigenvalue weighted by molar-refractivity contribution is 0.623. The summed E-state index contributed by atoms with van der Waals surface area (Å²) in [5, 5.41) is 4.32. The topological polar surface area (TPSA) is 56.3 Å². The van der Waals surface area contributed by atoms with E-state index in [1.807, 2.05) is 43.3 Å². The van der Waals surface area contributed by atoms with Crippen molar-refractivity contribution in [2.45, 2.75) is 19.8 Å². The van der Waals surface area contributed by atoms with Crippen LogP contribution in [0.4, 0.5) is 16.0 Å². The Labute approximate surface area is 145 Å². The summed E-state index contributed by atoms with van der Waals surface area (Å²) in [6.45, 7) is 3.70. The molecule has 3 aromatic rings. The summed E-state index contributed by atoms with van der Waals surface area (Å²) in [4.78, 5) is 9.65. The van der Waals surface area contributed by atoms with Gasteiger partial charge < -0.3 is 9.88 Å². The van der Waals surface area contributed by atoms with Crippen LogP contribution in [0.15, 0.2) is 47.6 Å². The maximum atomic E-state index is 14.4. The second kappa shape index (κ2) is 6.55. The molecule has 0 bridgehead atoms. The molecule has 1 saturated heterocycles. The number of rotatable bonds is 4. The van der Waals surface area contributed by atoms with Gasteiger partial charge >= 0.3 is 0 Å². The molecule has 5 nitrogen and oxygen atoms in total. The van der Waals surface area contributed by atoms with Crippen molar-refractivity contribution in [1.82, 2.24) is 9.97 Å². The molecule has 0 aliphatic carbocycles. The summed E-state index contributed by atoms with van der Waals surface area (Å²) in [7, 11) is 0. The zero-order chi connectivity index (χ0) is 17.2. The summed E-state index contributed by atoms with van der Waals surface area (Å²) < 4.78 is 14.4. The van der Waals surface area contributed by atoms with Crippen LogP contribution >= 0.6 is 0 Å². The monoisotopic (exact) mass is 337 g/mol. The fraction of sp³-hybridized carbons (Fsp3) is 0.263.